The summed E-state index contributed by atoms with van der Waals surface area (Å²) in [5, 5.41) is 4.10. The Morgan fingerprint density at radius 2 is 2.00 bits per heavy atom. The minimum Gasteiger partial charge on any atom is -0.361 e. The zero-order chi connectivity index (χ0) is 15.4. The maximum atomic E-state index is 13.2. The largest absolute Gasteiger partial charge is 0.361 e. The summed E-state index contributed by atoms with van der Waals surface area (Å²) >= 11 is 0. The lowest BCUT2D eigenvalue weighted by atomic mass is 9.99. The van der Waals surface area contributed by atoms with Crippen molar-refractivity contribution in [2.75, 3.05) is 6.54 Å². The van der Waals surface area contributed by atoms with Crippen LogP contribution in [0.1, 0.15) is 44.1 Å². The van der Waals surface area contributed by atoms with Crippen LogP contribution in [0, 0.1) is 11.7 Å². The maximum absolute atomic E-state index is 13.2. The molecule has 1 amide bonds. The number of amides is 1. The quantitative estimate of drug-likeness (QED) is 0.826. The van der Waals surface area contributed by atoms with Gasteiger partial charge >= 0.3 is 0 Å². The number of fused-ring (bicyclic) bond motifs is 1. The Hall–Kier alpha value is -1.84. The summed E-state index contributed by atoms with van der Waals surface area (Å²) in [6, 6.07) is 4.77. The van der Waals surface area contributed by atoms with Crippen LogP contribution in [0.3, 0.4) is 0 Å². The second-order valence-electron chi connectivity index (χ2n) is 6.23. The highest BCUT2D eigenvalue weighted by molar-refractivity contribution is 5.83. The molecular formula is C18H23FN2O. The van der Waals surface area contributed by atoms with E-state index < -0.39 is 0 Å². The van der Waals surface area contributed by atoms with Gasteiger partial charge in [0.05, 0.1) is 0 Å². The van der Waals surface area contributed by atoms with Crippen LogP contribution in [-0.2, 0) is 11.2 Å². The average molecular weight is 302 g/mol. The van der Waals surface area contributed by atoms with Crippen LogP contribution >= 0.6 is 0 Å². The third-order valence-electron chi connectivity index (χ3n) is 4.65. The van der Waals surface area contributed by atoms with Crippen molar-refractivity contribution in [3.8, 4) is 0 Å². The normalized spacial score (nSPS) is 16.6. The number of benzene rings is 1. The number of aromatic amines is 1. The number of aromatic nitrogens is 1. The number of hydrogen-bond acceptors (Lipinski definition) is 1. The van der Waals surface area contributed by atoms with E-state index in [0.717, 1.165) is 35.7 Å². The zero-order valence-corrected chi connectivity index (χ0v) is 12.8. The lowest BCUT2D eigenvalue weighted by Gasteiger charge is -2.13. The molecule has 0 unspecified atom stereocenters. The summed E-state index contributed by atoms with van der Waals surface area (Å²) in [6.45, 7) is 0.639. The molecule has 0 aliphatic heterocycles. The molecule has 1 aromatic heterocycles. The first kappa shape index (κ1) is 15.1. The van der Waals surface area contributed by atoms with Crippen molar-refractivity contribution in [3.05, 3.63) is 35.8 Å². The van der Waals surface area contributed by atoms with Gasteiger partial charge < -0.3 is 10.3 Å². The fourth-order valence-electron chi connectivity index (χ4n) is 3.37. The van der Waals surface area contributed by atoms with E-state index in [1.807, 2.05) is 6.20 Å². The van der Waals surface area contributed by atoms with Crippen molar-refractivity contribution in [1.29, 1.82) is 0 Å². The Morgan fingerprint density at radius 3 is 2.77 bits per heavy atom. The molecule has 118 valence electrons. The van der Waals surface area contributed by atoms with Gasteiger partial charge in [-0.05, 0) is 43.0 Å². The van der Waals surface area contributed by atoms with Crippen LogP contribution in [0.4, 0.5) is 4.39 Å². The van der Waals surface area contributed by atoms with Crippen molar-refractivity contribution < 1.29 is 9.18 Å². The molecule has 1 aromatic carbocycles. The smallest absolute Gasteiger partial charge is 0.223 e. The highest BCUT2D eigenvalue weighted by atomic mass is 19.1. The van der Waals surface area contributed by atoms with Crippen molar-refractivity contribution >= 4 is 16.8 Å². The molecule has 0 bridgehead atoms. The highest BCUT2D eigenvalue weighted by Gasteiger charge is 2.19. The molecule has 0 saturated heterocycles. The van der Waals surface area contributed by atoms with E-state index in [9.17, 15) is 9.18 Å². The zero-order valence-electron chi connectivity index (χ0n) is 12.8. The van der Waals surface area contributed by atoms with E-state index in [1.165, 1.54) is 37.8 Å². The van der Waals surface area contributed by atoms with Gasteiger partial charge in [-0.1, -0.05) is 25.7 Å². The molecule has 1 heterocycles. The SMILES string of the molecule is O=C(NCCc1c[nH]c2cc(F)ccc12)C1CCCCCC1. The molecule has 1 aliphatic rings. The number of hydrogen-bond donors (Lipinski definition) is 2. The summed E-state index contributed by atoms with van der Waals surface area (Å²) < 4.78 is 13.2. The minimum atomic E-state index is -0.234. The van der Waals surface area contributed by atoms with Gasteiger partial charge in [0.1, 0.15) is 5.82 Å². The molecule has 1 aliphatic carbocycles. The first-order chi connectivity index (χ1) is 10.7. The van der Waals surface area contributed by atoms with Crippen LogP contribution in [-0.4, -0.2) is 17.4 Å². The Kier molecular flexibility index (Phi) is 4.76. The number of carbonyl (C=O) groups excluding carboxylic acids is 1. The van der Waals surface area contributed by atoms with Gasteiger partial charge in [-0.2, -0.15) is 0 Å². The van der Waals surface area contributed by atoms with Gasteiger partial charge in [0.25, 0.3) is 0 Å². The number of H-pyrrole nitrogens is 1. The number of halogens is 1. The van der Waals surface area contributed by atoms with Gasteiger partial charge in [0.2, 0.25) is 5.91 Å². The van der Waals surface area contributed by atoms with Crippen LogP contribution in [0.15, 0.2) is 24.4 Å². The summed E-state index contributed by atoms with van der Waals surface area (Å²) in [6.07, 6.45) is 9.59. The van der Waals surface area contributed by atoms with Crippen LogP contribution in [0.5, 0.6) is 0 Å². The van der Waals surface area contributed by atoms with Crippen molar-refractivity contribution in [1.82, 2.24) is 10.3 Å². The summed E-state index contributed by atoms with van der Waals surface area (Å²) in [5.41, 5.74) is 1.93. The van der Waals surface area contributed by atoms with Crippen LogP contribution < -0.4 is 5.32 Å². The molecule has 2 aromatic rings. The van der Waals surface area contributed by atoms with E-state index in [2.05, 4.69) is 10.3 Å². The molecule has 0 atom stereocenters. The molecule has 22 heavy (non-hydrogen) atoms. The lowest BCUT2D eigenvalue weighted by molar-refractivity contribution is -0.125. The summed E-state index contributed by atoms with van der Waals surface area (Å²) in [5.74, 6) is 0.162. The molecule has 0 radical (unpaired) electrons. The molecule has 4 heteroatoms. The summed E-state index contributed by atoms with van der Waals surface area (Å²) in [4.78, 5) is 15.3. The van der Waals surface area contributed by atoms with E-state index in [4.69, 9.17) is 0 Å². The molecule has 1 saturated carbocycles. The topological polar surface area (TPSA) is 44.9 Å². The first-order valence-corrected chi connectivity index (χ1v) is 8.27. The van der Waals surface area contributed by atoms with Gasteiger partial charge in [0, 0.05) is 29.6 Å². The third kappa shape index (κ3) is 3.49. The molecule has 1 fully saturated rings. The van der Waals surface area contributed by atoms with Crippen molar-refractivity contribution in [3.63, 3.8) is 0 Å². The minimum absolute atomic E-state index is 0.194. The molecule has 3 rings (SSSR count). The first-order valence-electron chi connectivity index (χ1n) is 8.27. The molecule has 3 nitrogen and oxygen atoms in total. The third-order valence-corrected chi connectivity index (χ3v) is 4.65. The Labute approximate surface area is 130 Å². The Morgan fingerprint density at radius 1 is 1.23 bits per heavy atom. The van der Waals surface area contributed by atoms with Gasteiger partial charge in [-0.15, -0.1) is 0 Å². The average Bonchev–Trinajstić information content (AvgIpc) is 2.74. The standard InChI is InChI=1S/C18H23FN2O/c19-15-7-8-16-14(12-21-17(16)11-15)9-10-20-18(22)13-5-3-1-2-4-6-13/h7-8,11-13,21H,1-6,9-10H2,(H,20,22). The second-order valence-corrected chi connectivity index (χ2v) is 6.23. The molecular weight excluding hydrogens is 279 g/mol. The van der Waals surface area contributed by atoms with Crippen LogP contribution in [0.25, 0.3) is 10.9 Å². The van der Waals surface area contributed by atoms with E-state index >= 15 is 0 Å². The van der Waals surface area contributed by atoms with Gasteiger partial charge in [0.15, 0.2) is 0 Å². The van der Waals surface area contributed by atoms with Gasteiger partial charge in [-0.25, -0.2) is 4.39 Å². The number of nitrogens with one attached hydrogen (secondary N) is 2. The molecule has 0 spiro atoms. The Bertz CT molecular complexity index is 642. The van der Waals surface area contributed by atoms with Crippen molar-refractivity contribution in [2.45, 2.75) is 44.9 Å². The lowest BCUT2D eigenvalue weighted by Crippen LogP contribution is -2.32. The predicted octanol–water partition coefficient (Wildman–Crippen LogP) is 3.94. The van der Waals surface area contributed by atoms with E-state index in [1.54, 1.807) is 6.07 Å². The van der Waals surface area contributed by atoms with E-state index in [-0.39, 0.29) is 17.6 Å². The molecule has 2 N–H and O–H groups in total. The summed E-state index contributed by atoms with van der Waals surface area (Å²) in [7, 11) is 0. The van der Waals surface area contributed by atoms with Crippen LogP contribution in [0.2, 0.25) is 0 Å². The van der Waals surface area contributed by atoms with E-state index in [0.29, 0.717) is 6.54 Å². The second kappa shape index (κ2) is 6.95. The maximum Gasteiger partial charge on any atom is 0.223 e. The monoisotopic (exact) mass is 302 g/mol. The van der Waals surface area contributed by atoms with Crippen molar-refractivity contribution in [2.24, 2.45) is 5.92 Å². The fraction of sp³-hybridized carbons (Fsp3) is 0.500. The number of rotatable bonds is 4. The Balaban J connectivity index is 1.54. The van der Waals surface area contributed by atoms with Gasteiger partial charge in [-0.3, -0.25) is 4.79 Å². The fourth-order valence-corrected chi connectivity index (χ4v) is 3.37. The number of carbonyl (C=O) groups is 1. The predicted molar refractivity (Wildman–Crippen MR) is 86.2 cm³/mol. The highest BCUT2D eigenvalue weighted by Crippen LogP contribution is 2.23.